The van der Waals surface area contributed by atoms with Crippen LogP contribution in [0.1, 0.15) is 19.8 Å². The fourth-order valence-corrected chi connectivity index (χ4v) is 1.80. The molecule has 0 amide bonds. The fourth-order valence-electron chi connectivity index (χ4n) is 1.80. The summed E-state index contributed by atoms with van der Waals surface area (Å²) >= 11 is 0. The lowest BCUT2D eigenvalue weighted by Crippen LogP contribution is -2.34. The van der Waals surface area contributed by atoms with Gasteiger partial charge >= 0.3 is 0 Å². The molecule has 13 heavy (non-hydrogen) atoms. The standard InChI is InChI=1S/C10H21NO2/c1-3-5-11(2)7-10(12)9-4-6-13-8-9/h9-10,12H,3-8H2,1-2H3. The number of likely N-dealkylation sites (N-methyl/N-ethyl adjacent to an activating group) is 1. The van der Waals surface area contributed by atoms with Crippen molar-refractivity contribution in [3.05, 3.63) is 0 Å². The number of rotatable bonds is 5. The first-order chi connectivity index (χ1) is 6.24. The lowest BCUT2D eigenvalue weighted by Gasteiger charge is -2.23. The van der Waals surface area contributed by atoms with E-state index in [1.54, 1.807) is 0 Å². The Labute approximate surface area is 80.7 Å². The third-order valence-corrected chi connectivity index (χ3v) is 2.61. The van der Waals surface area contributed by atoms with Crippen molar-refractivity contribution in [2.45, 2.75) is 25.9 Å². The summed E-state index contributed by atoms with van der Waals surface area (Å²) in [5.41, 5.74) is 0. The highest BCUT2D eigenvalue weighted by Crippen LogP contribution is 2.17. The number of hydrogen-bond donors (Lipinski definition) is 1. The van der Waals surface area contributed by atoms with Gasteiger partial charge in [-0.25, -0.2) is 0 Å². The molecule has 1 rings (SSSR count). The molecular weight excluding hydrogens is 166 g/mol. The highest BCUT2D eigenvalue weighted by Gasteiger charge is 2.24. The van der Waals surface area contributed by atoms with E-state index in [0.717, 1.165) is 39.1 Å². The van der Waals surface area contributed by atoms with E-state index in [2.05, 4.69) is 18.9 Å². The minimum Gasteiger partial charge on any atom is -0.391 e. The average molecular weight is 187 g/mol. The predicted molar refractivity (Wildman–Crippen MR) is 52.7 cm³/mol. The lowest BCUT2D eigenvalue weighted by atomic mass is 10.0. The molecule has 1 saturated heterocycles. The molecule has 0 bridgehead atoms. The van der Waals surface area contributed by atoms with E-state index in [1.807, 2.05) is 0 Å². The lowest BCUT2D eigenvalue weighted by molar-refractivity contribution is 0.0634. The third-order valence-electron chi connectivity index (χ3n) is 2.61. The van der Waals surface area contributed by atoms with Gasteiger partial charge < -0.3 is 14.7 Å². The van der Waals surface area contributed by atoms with Crippen molar-refractivity contribution < 1.29 is 9.84 Å². The van der Waals surface area contributed by atoms with Crippen LogP contribution in [0.4, 0.5) is 0 Å². The second kappa shape index (κ2) is 5.58. The maximum Gasteiger partial charge on any atom is 0.0717 e. The van der Waals surface area contributed by atoms with Crippen LogP contribution >= 0.6 is 0 Å². The fraction of sp³-hybridized carbons (Fsp3) is 1.00. The number of hydrogen-bond acceptors (Lipinski definition) is 3. The first kappa shape index (κ1) is 11.0. The predicted octanol–water partition coefficient (Wildman–Crippen LogP) is 0.726. The Kier molecular flexibility index (Phi) is 4.70. The molecule has 1 fully saturated rings. The molecule has 0 radical (unpaired) electrons. The van der Waals surface area contributed by atoms with Crippen LogP contribution < -0.4 is 0 Å². The van der Waals surface area contributed by atoms with Gasteiger partial charge in [0.05, 0.1) is 12.7 Å². The van der Waals surface area contributed by atoms with Gasteiger partial charge in [-0.1, -0.05) is 6.92 Å². The van der Waals surface area contributed by atoms with Gasteiger partial charge in [-0.15, -0.1) is 0 Å². The number of ether oxygens (including phenoxy) is 1. The topological polar surface area (TPSA) is 32.7 Å². The zero-order chi connectivity index (χ0) is 9.68. The van der Waals surface area contributed by atoms with Gasteiger partial charge in [-0.05, 0) is 26.4 Å². The molecule has 3 heteroatoms. The first-order valence-electron chi connectivity index (χ1n) is 5.18. The summed E-state index contributed by atoms with van der Waals surface area (Å²) in [6, 6.07) is 0. The van der Waals surface area contributed by atoms with Crippen LogP contribution in [0.25, 0.3) is 0 Å². The monoisotopic (exact) mass is 187 g/mol. The summed E-state index contributed by atoms with van der Waals surface area (Å²) < 4.78 is 5.24. The van der Waals surface area contributed by atoms with Gasteiger partial charge in [0.2, 0.25) is 0 Å². The molecule has 2 atom stereocenters. The molecule has 0 aromatic carbocycles. The minimum absolute atomic E-state index is 0.209. The van der Waals surface area contributed by atoms with Crippen molar-refractivity contribution in [2.24, 2.45) is 5.92 Å². The molecule has 0 spiro atoms. The van der Waals surface area contributed by atoms with Crippen molar-refractivity contribution in [3.63, 3.8) is 0 Å². The highest BCUT2D eigenvalue weighted by atomic mass is 16.5. The van der Waals surface area contributed by atoms with E-state index in [9.17, 15) is 5.11 Å². The molecule has 0 saturated carbocycles. The van der Waals surface area contributed by atoms with E-state index in [1.165, 1.54) is 0 Å². The molecule has 0 aromatic rings. The number of aliphatic hydroxyl groups is 1. The Morgan fingerprint density at radius 1 is 1.62 bits per heavy atom. The Hall–Kier alpha value is -0.120. The van der Waals surface area contributed by atoms with E-state index in [4.69, 9.17) is 4.74 Å². The van der Waals surface area contributed by atoms with Crippen LogP contribution in [0.3, 0.4) is 0 Å². The molecule has 78 valence electrons. The molecule has 1 heterocycles. The van der Waals surface area contributed by atoms with Crippen LogP contribution in [-0.2, 0) is 4.74 Å². The van der Waals surface area contributed by atoms with Crippen molar-refractivity contribution in [1.82, 2.24) is 4.90 Å². The molecule has 2 unspecified atom stereocenters. The molecule has 1 aliphatic heterocycles. The third kappa shape index (κ3) is 3.63. The van der Waals surface area contributed by atoms with Crippen molar-refractivity contribution in [2.75, 3.05) is 33.4 Å². The zero-order valence-electron chi connectivity index (χ0n) is 8.70. The van der Waals surface area contributed by atoms with Crippen molar-refractivity contribution >= 4 is 0 Å². The van der Waals surface area contributed by atoms with E-state index < -0.39 is 0 Å². The maximum absolute atomic E-state index is 9.82. The summed E-state index contributed by atoms with van der Waals surface area (Å²) in [6.45, 7) is 5.55. The smallest absolute Gasteiger partial charge is 0.0717 e. The van der Waals surface area contributed by atoms with Gasteiger partial charge in [-0.3, -0.25) is 0 Å². The first-order valence-corrected chi connectivity index (χ1v) is 5.18. The van der Waals surface area contributed by atoms with E-state index in [-0.39, 0.29) is 6.10 Å². The van der Waals surface area contributed by atoms with E-state index in [0.29, 0.717) is 5.92 Å². The van der Waals surface area contributed by atoms with Crippen LogP contribution in [-0.4, -0.2) is 49.5 Å². The Morgan fingerprint density at radius 3 is 2.92 bits per heavy atom. The Morgan fingerprint density at radius 2 is 2.38 bits per heavy atom. The summed E-state index contributed by atoms with van der Waals surface area (Å²) in [7, 11) is 2.06. The molecule has 1 aliphatic rings. The number of nitrogens with zero attached hydrogens (tertiary/aromatic N) is 1. The van der Waals surface area contributed by atoms with Gasteiger partial charge in [-0.2, -0.15) is 0 Å². The zero-order valence-corrected chi connectivity index (χ0v) is 8.70. The summed E-state index contributed by atoms with van der Waals surface area (Å²) in [6.07, 6.45) is 1.95. The van der Waals surface area contributed by atoms with Crippen LogP contribution in [0.5, 0.6) is 0 Å². The second-order valence-corrected chi connectivity index (χ2v) is 3.95. The maximum atomic E-state index is 9.82. The van der Waals surface area contributed by atoms with Gasteiger partial charge in [0.25, 0.3) is 0 Å². The average Bonchev–Trinajstić information content (AvgIpc) is 2.55. The normalized spacial score (nSPS) is 25.4. The van der Waals surface area contributed by atoms with Crippen LogP contribution in [0.2, 0.25) is 0 Å². The summed E-state index contributed by atoms with van der Waals surface area (Å²) in [5.74, 6) is 0.360. The highest BCUT2D eigenvalue weighted by molar-refractivity contribution is 4.74. The Bertz CT molecular complexity index is 135. The quantitative estimate of drug-likeness (QED) is 0.688. The molecule has 3 nitrogen and oxygen atoms in total. The summed E-state index contributed by atoms with van der Waals surface area (Å²) in [4.78, 5) is 2.18. The largest absolute Gasteiger partial charge is 0.391 e. The molecule has 1 N–H and O–H groups in total. The molecule has 0 aliphatic carbocycles. The minimum atomic E-state index is -0.209. The van der Waals surface area contributed by atoms with E-state index >= 15 is 0 Å². The van der Waals surface area contributed by atoms with Gasteiger partial charge in [0, 0.05) is 19.1 Å². The second-order valence-electron chi connectivity index (χ2n) is 3.95. The van der Waals surface area contributed by atoms with Gasteiger partial charge in [0.1, 0.15) is 0 Å². The molecule has 0 aromatic heterocycles. The van der Waals surface area contributed by atoms with Crippen molar-refractivity contribution in [1.29, 1.82) is 0 Å². The van der Waals surface area contributed by atoms with Crippen LogP contribution in [0, 0.1) is 5.92 Å². The number of aliphatic hydroxyl groups excluding tert-OH is 1. The van der Waals surface area contributed by atoms with Gasteiger partial charge in [0.15, 0.2) is 0 Å². The summed E-state index contributed by atoms with van der Waals surface area (Å²) in [5, 5.41) is 9.82. The Balaban J connectivity index is 2.18. The van der Waals surface area contributed by atoms with Crippen molar-refractivity contribution in [3.8, 4) is 0 Å². The molecular formula is C10H21NO2. The van der Waals surface area contributed by atoms with Crippen LogP contribution in [0.15, 0.2) is 0 Å². The SMILES string of the molecule is CCCN(C)CC(O)C1CCOC1.